The normalized spacial score (nSPS) is 20.0. The summed E-state index contributed by atoms with van der Waals surface area (Å²) in [6, 6.07) is 17.3. The SMILES string of the molecule is COC(=O)[C@H](C)NP(=O)(OC[C@@]1(C#N)O[C@@H](c2ccc3c(N)ncnn23)[C@H](OC(=O)C(C)C)[C@@H]1OC(=O)C(C)C)Oc1ccc(C[C@H](NC(=O)OCc2ccccc2)C(=O)OC)cc1. The molecule has 1 fully saturated rings. The smallest absolute Gasteiger partial charge is 0.459 e. The third-order valence-corrected chi connectivity index (χ3v) is 11.4. The minimum absolute atomic E-state index is 0.0369. The van der Waals surface area contributed by atoms with E-state index in [9.17, 15) is 33.8 Å². The lowest BCUT2D eigenvalue weighted by Gasteiger charge is -2.31. The number of carbonyl (C=O) groups is 5. The molecule has 5 rings (SSSR count). The number of ether oxygens (including phenoxy) is 6. The van der Waals surface area contributed by atoms with Gasteiger partial charge in [0.05, 0.1) is 31.7 Å². The fourth-order valence-electron chi connectivity index (χ4n) is 6.30. The molecule has 22 heteroatoms. The van der Waals surface area contributed by atoms with Gasteiger partial charge in [-0.1, -0.05) is 70.2 Å². The van der Waals surface area contributed by atoms with Crippen molar-refractivity contribution in [3.05, 3.63) is 89.9 Å². The second-order valence-corrected chi connectivity index (χ2v) is 16.9. The minimum atomic E-state index is -4.78. The monoisotopic (exact) mass is 907 g/mol. The molecule has 1 aliphatic rings. The van der Waals surface area contributed by atoms with Gasteiger partial charge in [0.25, 0.3) is 0 Å². The number of aromatic nitrogens is 3. The predicted molar refractivity (Wildman–Crippen MR) is 224 cm³/mol. The van der Waals surface area contributed by atoms with Crippen molar-refractivity contribution in [1.82, 2.24) is 25.0 Å². The maximum atomic E-state index is 14.7. The number of esters is 4. The molecule has 0 bridgehead atoms. The molecule has 21 nitrogen and oxygen atoms in total. The maximum Gasteiger partial charge on any atom is 0.459 e. The van der Waals surface area contributed by atoms with Gasteiger partial charge in [-0.2, -0.15) is 15.4 Å². The summed E-state index contributed by atoms with van der Waals surface area (Å²) in [6.07, 6.45) is -4.31. The largest absolute Gasteiger partial charge is 0.468 e. The van der Waals surface area contributed by atoms with Gasteiger partial charge in [-0.05, 0) is 42.3 Å². The van der Waals surface area contributed by atoms with E-state index in [2.05, 4.69) is 20.5 Å². The molecule has 1 amide bonds. The van der Waals surface area contributed by atoms with Crippen LogP contribution in [0.5, 0.6) is 5.75 Å². The van der Waals surface area contributed by atoms with Crippen LogP contribution in [0.4, 0.5) is 10.6 Å². The average molecular weight is 908 g/mol. The topological polar surface area (TPSA) is 280 Å². The molecule has 1 saturated heterocycles. The first-order chi connectivity index (χ1) is 30.4. The molecular weight excluding hydrogens is 857 g/mol. The van der Waals surface area contributed by atoms with E-state index >= 15 is 0 Å². The van der Waals surface area contributed by atoms with Crippen LogP contribution < -0.4 is 20.7 Å². The third-order valence-electron chi connectivity index (χ3n) is 9.76. The molecule has 2 aromatic carbocycles. The molecule has 4 N–H and O–H groups in total. The fourth-order valence-corrected chi connectivity index (χ4v) is 7.82. The van der Waals surface area contributed by atoms with Gasteiger partial charge in [0, 0.05) is 6.42 Å². The lowest BCUT2D eigenvalue weighted by Crippen LogP contribution is -2.50. The third kappa shape index (κ3) is 11.7. The van der Waals surface area contributed by atoms with Gasteiger partial charge in [-0.15, -0.1) is 0 Å². The molecule has 0 saturated carbocycles. The Morgan fingerprint density at radius 2 is 1.55 bits per heavy atom. The van der Waals surface area contributed by atoms with Crippen molar-refractivity contribution in [3.63, 3.8) is 0 Å². The number of anilines is 1. The van der Waals surface area contributed by atoms with E-state index < -0.39 is 92.2 Å². The number of nitrogens with one attached hydrogen (secondary N) is 2. The van der Waals surface area contributed by atoms with Crippen LogP contribution in [0, 0.1) is 23.2 Å². The summed E-state index contributed by atoms with van der Waals surface area (Å²) in [5.74, 6) is -4.51. The fraction of sp³-hybridized carbons (Fsp3) is 0.429. The number of nitrogens with zero attached hydrogens (tertiary/aromatic N) is 4. The van der Waals surface area contributed by atoms with Gasteiger partial charge < -0.3 is 44.0 Å². The van der Waals surface area contributed by atoms with Crippen molar-refractivity contribution >= 4 is 49.1 Å². The van der Waals surface area contributed by atoms with E-state index in [1.165, 1.54) is 49.1 Å². The Bertz CT molecular complexity index is 2390. The summed E-state index contributed by atoms with van der Waals surface area (Å²) >= 11 is 0. The van der Waals surface area contributed by atoms with Crippen molar-refractivity contribution in [2.24, 2.45) is 11.8 Å². The molecule has 7 atom stereocenters. The van der Waals surface area contributed by atoms with Gasteiger partial charge in [-0.25, -0.2) is 23.7 Å². The molecule has 0 radical (unpaired) electrons. The molecule has 64 heavy (non-hydrogen) atoms. The number of carbonyl (C=O) groups excluding carboxylic acids is 5. The molecule has 3 heterocycles. The number of nitrogens with two attached hydrogens (primary N) is 1. The van der Waals surface area contributed by atoms with Crippen molar-refractivity contribution in [2.75, 3.05) is 26.6 Å². The number of nitrogen functional groups attached to an aromatic ring is 1. The van der Waals surface area contributed by atoms with Gasteiger partial charge in [0.15, 0.2) is 18.0 Å². The Kier molecular flexibility index (Phi) is 16.0. The molecule has 1 aliphatic heterocycles. The number of hydrogen-bond acceptors (Lipinski definition) is 18. The summed E-state index contributed by atoms with van der Waals surface area (Å²) in [6.45, 7) is 6.58. The average Bonchev–Trinajstić information content (AvgIpc) is 3.84. The second kappa shape index (κ2) is 21.2. The van der Waals surface area contributed by atoms with Crippen LogP contribution in [0.1, 0.15) is 57.5 Å². The number of hydrogen-bond donors (Lipinski definition) is 3. The summed E-state index contributed by atoms with van der Waals surface area (Å²) in [4.78, 5) is 68.4. The van der Waals surface area contributed by atoms with E-state index in [4.69, 9.17) is 43.2 Å². The molecular formula is C42H50N7O14P. The van der Waals surface area contributed by atoms with Crippen LogP contribution in [-0.4, -0.2) is 95.3 Å². The van der Waals surface area contributed by atoms with Crippen molar-refractivity contribution < 1.29 is 66.0 Å². The van der Waals surface area contributed by atoms with Crippen LogP contribution in [0.3, 0.4) is 0 Å². The highest BCUT2D eigenvalue weighted by Crippen LogP contribution is 2.50. The molecule has 0 aliphatic carbocycles. The zero-order valence-electron chi connectivity index (χ0n) is 36.1. The molecule has 0 spiro atoms. The standard InChI is InChI=1S/C42H50N7O14P/c1-24(2)37(50)60-34-33(31-17-18-32-36(44)45-23-46-49(31)32)62-42(21-43,35(34)61-38(51)25(3)4)22-59-64(55,48-26(5)39(52)56-6)63-29-15-13-27(14-16-29)19-30(40(53)57-7)47-41(54)58-20-28-11-9-8-10-12-28/h8-18,23-26,30,33-35H,19-20,22H2,1-7H3,(H,47,54)(H,48,55)(H2,44,45,46)/t26-,30-,33-,34-,35-,42+,64?/m0/s1. The van der Waals surface area contributed by atoms with Crippen LogP contribution in [-0.2, 0) is 69.7 Å². The first-order valence-electron chi connectivity index (χ1n) is 19.9. The molecule has 2 aromatic heterocycles. The number of alkyl carbamates (subject to hydrolysis) is 1. The summed E-state index contributed by atoms with van der Waals surface area (Å²) in [7, 11) is -2.50. The number of amides is 1. The minimum Gasteiger partial charge on any atom is -0.468 e. The first kappa shape index (κ1) is 48.4. The Hall–Kier alpha value is -6.59. The lowest BCUT2D eigenvalue weighted by molar-refractivity contribution is -0.173. The van der Waals surface area contributed by atoms with Crippen LogP contribution in [0.25, 0.3) is 5.52 Å². The van der Waals surface area contributed by atoms with Gasteiger partial charge in [0.1, 0.15) is 55.1 Å². The van der Waals surface area contributed by atoms with E-state index in [-0.39, 0.29) is 30.3 Å². The zero-order valence-corrected chi connectivity index (χ0v) is 37.0. The summed E-state index contributed by atoms with van der Waals surface area (Å²) in [5.41, 5.74) is 5.52. The van der Waals surface area contributed by atoms with E-state index in [0.717, 1.165) is 12.7 Å². The van der Waals surface area contributed by atoms with Gasteiger partial charge in [0.2, 0.25) is 5.60 Å². The number of fused-ring (bicyclic) bond motifs is 1. The number of methoxy groups -OCH3 is 2. The lowest BCUT2D eigenvalue weighted by atomic mass is 9.95. The van der Waals surface area contributed by atoms with Crippen LogP contribution >= 0.6 is 7.75 Å². The van der Waals surface area contributed by atoms with E-state index in [1.54, 1.807) is 64.1 Å². The molecule has 342 valence electrons. The van der Waals surface area contributed by atoms with Crippen molar-refractivity contribution in [2.45, 2.75) is 83.6 Å². The summed E-state index contributed by atoms with van der Waals surface area (Å²) in [5, 5.41) is 20.2. The van der Waals surface area contributed by atoms with Crippen LogP contribution in [0.2, 0.25) is 0 Å². The predicted octanol–water partition coefficient (Wildman–Crippen LogP) is 4.15. The number of benzene rings is 2. The summed E-state index contributed by atoms with van der Waals surface area (Å²) < 4.78 is 61.1. The first-order valence-corrected chi connectivity index (χ1v) is 21.5. The maximum absolute atomic E-state index is 14.7. The number of nitriles is 1. The highest BCUT2D eigenvalue weighted by atomic mass is 31.2. The van der Waals surface area contributed by atoms with E-state index in [1.807, 2.05) is 12.1 Å². The van der Waals surface area contributed by atoms with Crippen LogP contribution in [0.15, 0.2) is 73.1 Å². The van der Waals surface area contributed by atoms with Gasteiger partial charge in [-0.3, -0.25) is 18.9 Å². The Balaban J connectivity index is 1.44. The van der Waals surface area contributed by atoms with Crippen molar-refractivity contribution in [1.29, 1.82) is 5.26 Å². The zero-order chi connectivity index (χ0) is 46.8. The Morgan fingerprint density at radius 3 is 2.17 bits per heavy atom. The van der Waals surface area contributed by atoms with Gasteiger partial charge >= 0.3 is 37.7 Å². The van der Waals surface area contributed by atoms with Crippen molar-refractivity contribution in [3.8, 4) is 11.8 Å². The molecule has 4 aromatic rings. The quantitative estimate of drug-likeness (QED) is 0.0677. The Morgan fingerprint density at radius 1 is 0.891 bits per heavy atom. The highest BCUT2D eigenvalue weighted by Gasteiger charge is 2.62. The highest BCUT2D eigenvalue weighted by molar-refractivity contribution is 7.52. The van der Waals surface area contributed by atoms with E-state index in [0.29, 0.717) is 11.1 Å². The Labute approximate surface area is 368 Å². The second-order valence-electron chi connectivity index (χ2n) is 15.2. The molecule has 1 unspecified atom stereocenters. The number of rotatable bonds is 19.